The zero-order chi connectivity index (χ0) is 18.7. The molecule has 0 bridgehead atoms. The Kier molecular flexibility index (Phi) is 10.4. The van der Waals surface area contributed by atoms with Gasteiger partial charge in [0.2, 0.25) is 11.8 Å². The van der Waals surface area contributed by atoms with E-state index in [1.807, 2.05) is 6.92 Å². The van der Waals surface area contributed by atoms with Crippen LogP contribution in [0.4, 0.5) is 5.13 Å². The molecule has 0 saturated heterocycles. The summed E-state index contributed by atoms with van der Waals surface area (Å²) in [6.45, 7) is 9.05. The first-order chi connectivity index (χ1) is 12.0. The average Bonchev–Trinajstić information content (AvgIpc) is 2.99. The Morgan fingerprint density at radius 3 is 2.48 bits per heavy atom. The van der Waals surface area contributed by atoms with Crippen LogP contribution in [-0.4, -0.2) is 34.8 Å². The number of carbonyl (C=O) groups is 2. The zero-order valence-corrected chi connectivity index (χ0v) is 17.0. The maximum absolute atomic E-state index is 12.9. The summed E-state index contributed by atoms with van der Waals surface area (Å²) >= 11 is 1.45. The van der Waals surface area contributed by atoms with Crippen molar-refractivity contribution in [3.05, 3.63) is 11.1 Å². The molecule has 0 aliphatic heterocycles. The highest BCUT2D eigenvalue weighted by Crippen LogP contribution is 2.18. The van der Waals surface area contributed by atoms with E-state index in [1.54, 1.807) is 11.1 Å². The van der Waals surface area contributed by atoms with Gasteiger partial charge in [-0.2, -0.15) is 0 Å². The third kappa shape index (κ3) is 7.99. The van der Waals surface area contributed by atoms with E-state index in [1.165, 1.54) is 11.3 Å². The molecule has 0 unspecified atom stereocenters. The minimum atomic E-state index is -0.162. The topological polar surface area (TPSA) is 62.3 Å². The van der Waals surface area contributed by atoms with Crippen molar-refractivity contribution in [3.63, 3.8) is 0 Å². The van der Waals surface area contributed by atoms with Crippen molar-refractivity contribution >= 4 is 28.3 Å². The van der Waals surface area contributed by atoms with Gasteiger partial charge in [-0.05, 0) is 26.2 Å². The number of nitrogens with one attached hydrogen (secondary N) is 1. The van der Waals surface area contributed by atoms with Crippen LogP contribution in [0.1, 0.15) is 70.6 Å². The Hall–Kier alpha value is -1.43. The lowest BCUT2D eigenvalue weighted by Crippen LogP contribution is -2.41. The number of amides is 2. The molecule has 1 N–H and O–H groups in total. The van der Waals surface area contributed by atoms with E-state index >= 15 is 0 Å². The number of aromatic nitrogens is 1. The lowest BCUT2D eigenvalue weighted by Gasteiger charge is -2.26. The van der Waals surface area contributed by atoms with Crippen molar-refractivity contribution in [2.75, 3.05) is 18.4 Å². The number of hydrogen-bond donors (Lipinski definition) is 1. The first-order valence-corrected chi connectivity index (χ1v) is 10.3. The Balaban J connectivity index is 2.69. The number of carbonyl (C=O) groups excluding carboxylic acids is 2. The van der Waals surface area contributed by atoms with Gasteiger partial charge in [0.05, 0.1) is 6.54 Å². The number of aryl methyl sites for hydroxylation is 1. The molecule has 1 rings (SSSR count). The van der Waals surface area contributed by atoms with Gasteiger partial charge in [-0.15, -0.1) is 11.3 Å². The smallest absolute Gasteiger partial charge is 0.245 e. The van der Waals surface area contributed by atoms with E-state index in [0.29, 0.717) is 11.7 Å². The van der Waals surface area contributed by atoms with Crippen molar-refractivity contribution in [3.8, 4) is 0 Å². The molecular weight excluding hydrogens is 334 g/mol. The maximum Gasteiger partial charge on any atom is 0.245 e. The van der Waals surface area contributed by atoms with E-state index in [-0.39, 0.29) is 24.3 Å². The van der Waals surface area contributed by atoms with Crippen LogP contribution < -0.4 is 5.32 Å². The fourth-order valence-electron chi connectivity index (χ4n) is 2.78. The van der Waals surface area contributed by atoms with Crippen molar-refractivity contribution < 1.29 is 9.59 Å². The summed E-state index contributed by atoms with van der Waals surface area (Å²) in [4.78, 5) is 32.2. The van der Waals surface area contributed by atoms with Gasteiger partial charge in [-0.1, -0.05) is 46.5 Å². The molecule has 0 fully saturated rings. The minimum absolute atomic E-state index is 0.0245. The van der Waals surface area contributed by atoms with Crippen LogP contribution in [0.15, 0.2) is 6.20 Å². The van der Waals surface area contributed by atoms with Gasteiger partial charge in [0, 0.05) is 23.5 Å². The van der Waals surface area contributed by atoms with Gasteiger partial charge in [0.15, 0.2) is 5.13 Å². The second kappa shape index (κ2) is 12.0. The van der Waals surface area contributed by atoms with Crippen LogP contribution in [-0.2, 0) is 9.59 Å². The second-order valence-corrected chi connectivity index (χ2v) is 7.77. The van der Waals surface area contributed by atoms with Gasteiger partial charge in [0.1, 0.15) is 0 Å². The van der Waals surface area contributed by atoms with Crippen LogP contribution >= 0.6 is 11.3 Å². The molecule has 142 valence electrons. The summed E-state index contributed by atoms with van der Waals surface area (Å²) in [6, 6.07) is 0. The molecule has 25 heavy (non-hydrogen) atoms. The van der Waals surface area contributed by atoms with Gasteiger partial charge in [0.25, 0.3) is 0 Å². The fraction of sp³-hybridized carbons (Fsp3) is 0.737. The van der Waals surface area contributed by atoms with Gasteiger partial charge in [-0.3, -0.25) is 9.59 Å². The normalized spacial score (nSPS) is 12.0. The summed E-state index contributed by atoms with van der Waals surface area (Å²) in [6.07, 6.45) is 8.72. The third-order valence-corrected chi connectivity index (χ3v) is 5.12. The summed E-state index contributed by atoms with van der Waals surface area (Å²) < 4.78 is 0. The van der Waals surface area contributed by atoms with Crippen molar-refractivity contribution in [1.82, 2.24) is 9.88 Å². The van der Waals surface area contributed by atoms with Crippen LogP contribution in [0.2, 0.25) is 0 Å². The van der Waals surface area contributed by atoms with E-state index < -0.39 is 0 Å². The highest BCUT2D eigenvalue weighted by molar-refractivity contribution is 7.15. The Labute approximate surface area is 156 Å². The van der Waals surface area contributed by atoms with E-state index in [2.05, 4.69) is 31.1 Å². The standard InChI is InChI=1S/C19H33N3O2S/c1-5-8-10-12-22(18(24)16(7-3)11-9-6-2)14-17(23)21-19-20-13-15(4)25-19/h13,16H,5-12,14H2,1-4H3,(H,20,21,23)/t16-/m1/s1. The van der Waals surface area contributed by atoms with Crippen LogP contribution in [0, 0.1) is 12.8 Å². The number of anilines is 1. The number of rotatable bonds is 12. The predicted octanol–water partition coefficient (Wildman–Crippen LogP) is 4.63. The van der Waals surface area contributed by atoms with Crippen molar-refractivity contribution in [1.29, 1.82) is 0 Å². The molecule has 0 saturated carbocycles. The Morgan fingerprint density at radius 2 is 1.92 bits per heavy atom. The first kappa shape index (κ1) is 21.6. The lowest BCUT2D eigenvalue weighted by atomic mass is 9.97. The van der Waals surface area contributed by atoms with Crippen LogP contribution in [0.5, 0.6) is 0 Å². The molecule has 5 nitrogen and oxygen atoms in total. The largest absolute Gasteiger partial charge is 0.333 e. The molecule has 1 aromatic heterocycles. The molecule has 1 heterocycles. The number of unbranched alkanes of at least 4 members (excludes halogenated alkanes) is 3. The molecule has 0 aliphatic rings. The molecule has 1 atom stereocenters. The molecule has 1 aromatic rings. The molecule has 0 aliphatic carbocycles. The third-order valence-electron chi connectivity index (χ3n) is 4.29. The Morgan fingerprint density at radius 1 is 1.20 bits per heavy atom. The number of thiazole rings is 1. The predicted molar refractivity (Wildman–Crippen MR) is 105 cm³/mol. The van der Waals surface area contributed by atoms with E-state index in [9.17, 15) is 9.59 Å². The van der Waals surface area contributed by atoms with Gasteiger partial charge in [-0.25, -0.2) is 4.98 Å². The first-order valence-electron chi connectivity index (χ1n) is 9.52. The van der Waals surface area contributed by atoms with Crippen LogP contribution in [0.25, 0.3) is 0 Å². The van der Waals surface area contributed by atoms with Gasteiger partial charge >= 0.3 is 0 Å². The molecule has 2 amide bonds. The molecular formula is C19H33N3O2S. The maximum atomic E-state index is 12.9. The SMILES string of the molecule is CCCCCN(CC(=O)Nc1ncc(C)s1)C(=O)[C@H](CC)CCCC. The molecule has 6 heteroatoms. The van der Waals surface area contributed by atoms with E-state index in [0.717, 1.165) is 49.8 Å². The van der Waals surface area contributed by atoms with Crippen molar-refractivity contribution in [2.24, 2.45) is 5.92 Å². The summed E-state index contributed by atoms with van der Waals surface area (Å²) in [5.74, 6) is -0.0152. The minimum Gasteiger partial charge on any atom is -0.333 e. The highest BCUT2D eigenvalue weighted by Gasteiger charge is 2.24. The number of nitrogens with zero attached hydrogens (tertiary/aromatic N) is 2. The molecule has 0 spiro atoms. The van der Waals surface area contributed by atoms with Crippen LogP contribution in [0.3, 0.4) is 0 Å². The highest BCUT2D eigenvalue weighted by atomic mass is 32.1. The number of hydrogen-bond acceptors (Lipinski definition) is 4. The lowest BCUT2D eigenvalue weighted by molar-refractivity contribution is -0.138. The fourth-order valence-corrected chi connectivity index (χ4v) is 3.46. The summed E-state index contributed by atoms with van der Waals surface area (Å²) in [5, 5.41) is 3.41. The second-order valence-electron chi connectivity index (χ2n) is 6.54. The Bertz CT molecular complexity index is 530. The van der Waals surface area contributed by atoms with E-state index in [4.69, 9.17) is 0 Å². The summed E-state index contributed by atoms with van der Waals surface area (Å²) in [7, 11) is 0. The molecule has 0 radical (unpaired) electrons. The summed E-state index contributed by atoms with van der Waals surface area (Å²) in [5.41, 5.74) is 0. The zero-order valence-electron chi connectivity index (χ0n) is 16.1. The van der Waals surface area contributed by atoms with Gasteiger partial charge < -0.3 is 10.2 Å². The molecule has 0 aromatic carbocycles. The van der Waals surface area contributed by atoms with Crippen molar-refractivity contribution in [2.45, 2.75) is 72.6 Å². The average molecular weight is 368 g/mol. The monoisotopic (exact) mass is 367 g/mol. The quantitative estimate of drug-likeness (QED) is 0.548.